The molecule has 1 amide bonds. The lowest BCUT2D eigenvalue weighted by Gasteiger charge is -2.07. The van der Waals surface area contributed by atoms with Crippen LogP contribution in [0.2, 0.25) is 0 Å². The molecule has 0 radical (unpaired) electrons. The molecule has 0 fully saturated rings. The number of hydrogen-bond acceptors (Lipinski definition) is 4. The number of nitrogens with one attached hydrogen (secondary N) is 1. The van der Waals surface area contributed by atoms with Crippen molar-refractivity contribution in [1.29, 1.82) is 0 Å². The van der Waals surface area contributed by atoms with Crippen molar-refractivity contribution in [1.82, 2.24) is 5.43 Å². The van der Waals surface area contributed by atoms with Gasteiger partial charge in [0.25, 0.3) is 5.91 Å². The average Bonchev–Trinajstić information content (AvgIpc) is 2.58. The Morgan fingerprint density at radius 2 is 1.78 bits per heavy atom. The number of benzene rings is 2. The van der Waals surface area contributed by atoms with E-state index in [0.29, 0.717) is 11.5 Å². The van der Waals surface area contributed by atoms with Crippen molar-refractivity contribution < 1.29 is 14.3 Å². The van der Waals surface area contributed by atoms with E-state index in [4.69, 9.17) is 9.47 Å². The van der Waals surface area contributed by atoms with E-state index in [1.807, 2.05) is 31.2 Å². The van der Waals surface area contributed by atoms with Crippen molar-refractivity contribution in [2.24, 2.45) is 5.10 Å². The van der Waals surface area contributed by atoms with E-state index in [-0.39, 0.29) is 12.5 Å². The molecular formula is C17H17BrN2O3. The fraction of sp³-hybridized carbons (Fsp3) is 0.176. The van der Waals surface area contributed by atoms with Crippen molar-refractivity contribution in [3.05, 3.63) is 58.6 Å². The third-order valence-electron chi connectivity index (χ3n) is 3.04. The van der Waals surface area contributed by atoms with Crippen LogP contribution in [-0.2, 0) is 4.79 Å². The summed E-state index contributed by atoms with van der Waals surface area (Å²) in [5, 5.41) is 4.08. The van der Waals surface area contributed by atoms with Crippen LogP contribution in [0.4, 0.5) is 0 Å². The van der Waals surface area contributed by atoms with Crippen LogP contribution >= 0.6 is 15.9 Å². The minimum absolute atomic E-state index is 0.112. The lowest BCUT2D eigenvalue weighted by atomic mass is 10.1. The second kappa shape index (κ2) is 8.33. The highest BCUT2D eigenvalue weighted by Gasteiger charge is 2.05. The molecule has 6 heteroatoms. The summed E-state index contributed by atoms with van der Waals surface area (Å²) < 4.78 is 11.4. The first-order chi connectivity index (χ1) is 11.1. The number of halogens is 1. The van der Waals surface area contributed by atoms with Crippen LogP contribution in [0.15, 0.2) is 58.1 Å². The summed E-state index contributed by atoms with van der Waals surface area (Å²) in [5.41, 5.74) is 4.10. The molecule has 23 heavy (non-hydrogen) atoms. The molecule has 120 valence electrons. The van der Waals surface area contributed by atoms with Crippen molar-refractivity contribution in [3.8, 4) is 11.5 Å². The van der Waals surface area contributed by atoms with Gasteiger partial charge in [-0.2, -0.15) is 5.10 Å². The summed E-state index contributed by atoms with van der Waals surface area (Å²) in [5.74, 6) is 0.996. The largest absolute Gasteiger partial charge is 0.497 e. The molecule has 2 aromatic carbocycles. The molecule has 0 spiro atoms. The van der Waals surface area contributed by atoms with E-state index < -0.39 is 0 Å². The minimum Gasteiger partial charge on any atom is -0.497 e. The minimum atomic E-state index is -0.327. The first-order valence-corrected chi connectivity index (χ1v) is 7.74. The van der Waals surface area contributed by atoms with E-state index in [1.165, 1.54) is 0 Å². The zero-order valence-corrected chi connectivity index (χ0v) is 14.5. The van der Waals surface area contributed by atoms with Gasteiger partial charge in [0.1, 0.15) is 11.5 Å². The Morgan fingerprint density at radius 1 is 1.13 bits per heavy atom. The van der Waals surface area contributed by atoms with Gasteiger partial charge < -0.3 is 9.47 Å². The molecule has 0 heterocycles. The van der Waals surface area contributed by atoms with Crippen molar-refractivity contribution in [3.63, 3.8) is 0 Å². The summed E-state index contributed by atoms with van der Waals surface area (Å²) in [6.07, 6.45) is 0. The lowest BCUT2D eigenvalue weighted by molar-refractivity contribution is -0.123. The Hall–Kier alpha value is -2.34. The predicted octanol–water partition coefficient (Wildman–Crippen LogP) is 3.38. The molecular weight excluding hydrogens is 360 g/mol. The van der Waals surface area contributed by atoms with Gasteiger partial charge in [0.2, 0.25) is 0 Å². The normalized spacial score (nSPS) is 11.0. The van der Waals surface area contributed by atoms with E-state index in [1.54, 1.807) is 31.4 Å². The van der Waals surface area contributed by atoms with E-state index in [2.05, 4.69) is 26.5 Å². The summed E-state index contributed by atoms with van der Waals surface area (Å²) in [7, 11) is 1.59. The van der Waals surface area contributed by atoms with Crippen LogP contribution in [-0.4, -0.2) is 25.3 Å². The fourth-order valence-electron chi connectivity index (χ4n) is 1.81. The summed E-state index contributed by atoms with van der Waals surface area (Å²) in [6, 6.07) is 14.7. The van der Waals surface area contributed by atoms with E-state index in [9.17, 15) is 4.79 Å². The summed E-state index contributed by atoms with van der Waals surface area (Å²) >= 11 is 3.45. The van der Waals surface area contributed by atoms with Gasteiger partial charge in [-0.15, -0.1) is 0 Å². The topological polar surface area (TPSA) is 59.9 Å². The van der Waals surface area contributed by atoms with Crippen molar-refractivity contribution in [2.75, 3.05) is 13.7 Å². The first kappa shape index (κ1) is 17.0. The summed E-state index contributed by atoms with van der Waals surface area (Å²) in [4.78, 5) is 11.8. The highest BCUT2D eigenvalue weighted by atomic mass is 79.9. The van der Waals surface area contributed by atoms with Crippen LogP contribution in [0.5, 0.6) is 11.5 Å². The van der Waals surface area contributed by atoms with Gasteiger partial charge in [-0.05, 0) is 37.3 Å². The van der Waals surface area contributed by atoms with Gasteiger partial charge in [-0.3, -0.25) is 4.79 Å². The van der Waals surface area contributed by atoms with Crippen LogP contribution in [0.3, 0.4) is 0 Å². The molecule has 2 rings (SSSR count). The van der Waals surface area contributed by atoms with E-state index in [0.717, 1.165) is 15.8 Å². The monoisotopic (exact) mass is 376 g/mol. The molecule has 0 aliphatic carbocycles. The Bertz CT molecular complexity index is 699. The number of ether oxygens (including phenoxy) is 2. The molecule has 5 nitrogen and oxygen atoms in total. The maximum atomic E-state index is 11.8. The Morgan fingerprint density at radius 3 is 2.43 bits per heavy atom. The van der Waals surface area contributed by atoms with Gasteiger partial charge in [0, 0.05) is 10.0 Å². The third-order valence-corrected chi connectivity index (χ3v) is 3.73. The third kappa shape index (κ3) is 5.10. The zero-order valence-electron chi connectivity index (χ0n) is 12.9. The van der Waals surface area contributed by atoms with Crippen molar-refractivity contribution >= 4 is 27.5 Å². The highest BCUT2D eigenvalue weighted by molar-refractivity contribution is 9.10. The molecule has 1 N–H and O–H groups in total. The van der Waals surface area contributed by atoms with Gasteiger partial charge in [-0.25, -0.2) is 5.43 Å². The quantitative estimate of drug-likeness (QED) is 0.620. The molecule has 0 aliphatic heterocycles. The molecule has 0 bridgehead atoms. The predicted molar refractivity (Wildman–Crippen MR) is 93.0 cm³/mol. The van der Waals surface area contributed by atoms with Crippen molar-refractivity contribution in [2.45, 2.75) is 6.92 Å². The van der Waals surface area contributed by atoms with Crippen LogP contribution in [0, 0.1) is 0 Å². The van der Waals surface area contributed by atoms with Gasteiger partial charge in [0.15, 0.2) is 6.61 Å². The first-order valence-electron chi connectivity index (χ1n) is 6.95. The number of rotatable bonds is 6. The molecule has 0 saturated heterocycles. The summed E-state index contributed by atoms with van der Waals surface area (Å²) in [6.45, 7) is 1.71. The van der Waals surface area contributed by atoms with Gasteiger partial charge in [0.05, 0.1) is 12.8 Å². The van der Waals surface area contributed by atoms with Gasteiger partial charge >= 0.3 is 0 Å². The Labute approximate surface area is 143 Å². The van der Waals surface area contributed by atoms with Crippen LogP contribution in [0.25, 0.3) is 0 Å². The second-order valence-corrected chi connectivity index (χ2v) is 5.53. The molecule has 0 unspecified atom stereocenters. The smallest absolute Gasteiger partial charge is 0.277 e. The SMILES string of the molecule is COc1ccc(OCC(=O)N/N=C(\C)c2ccccc2Br)cc1. The lowest BCUT2D eigenvalue weighted by Crippen LogP contribution is -2.25. The maximum Gasteiger partial charge on any atom is 0.277 e. The second-order valence-electron chi connectivity index (χ2n) is 4.68. The number of carbonyl (C=O) groups excluding carboxylic acids is 1. The molecule has 0 aliphatic rings. The standard InChI is InChI=1S/C17H17BrN2O3/c1-12(15-5-3-4-6-16(15)18)19-20-17(21)11-23-14-9-7-13(22-2)8-10-14/h3-10H,11H2,1-2H3,(H,20,21)/b19-12+. The average molecular weight is 377 g/mol. The Balaban J connectivity index is 1.87. The number of nitrogens with zero attached hydrogens (tertiary/aromatic N) is 1. The number of hydrazone groups is 1. The van der Waals surface area contributed by atoms with Crippen LogP contribution < -0.4 is 14.9 Å². The fourth-order valence-corrected chi connectivity index (χ4v) is 2.39. The number of hydrogen-bond donors (Lipinski definition) is 1. The Kier molecular flexibility index (Phi) is 6.17. The number of methoxy groups -OCH3 is 1. The zero-order chi connectivity index (χ0) is 16.7. The van der Waals surface area contributed by atoms with E-state index >= 15 is 0 Å². The highest BCUT2D eigenvalue weighted by Crippen LogP contribution is 2.17. The molecule has 2 aromatic rings. The molecule has 0 saturated carbocycles. The molecule has 0 aromatic heterocycles. The number of amides is 1. The number of carbonyl (C=O) groups is 1. The van der Waals surface area contributed by atoms with Gasteiger partial charge in [-0.1, -0.05) is 34.1 Å². The maximum absolute atomic E-state index is 11.8. The van der Waals surface area contributed by atoms with Crippen LogP contribution in [0.1, 0.15) is 12.5 Å². The molecule has 0 atom stereocenters.